The maximum atomic E-state index is 11.9. The minimum Gasteiger partial charge on any atom is -0.506 e. The summed E-state index contributed by atoms with van der Waals surface area (Å²) < 4.78 is 0. The van der Waals surface area contributed by atoms with Gasteiger partial charge in [0.15, 0.2) is 0 Å². The number of carboxylic acid groups (broad SMARTS) is 1. The van der Waals surface area contributed by atoms with E-state index in [-0.39, 0.29) is 22.6 Å². The monoisotopic (exact) mass is 366 g/mol. The summed E-state index contributed by atoms with van der Waals surface area (Å²) in [6.45, 7) is 7.01. The van der Waals surface area contributed by atoms with Crippen LogP contribution in [0.15, 0.2) is 36.5 Å². The molecule has 0 fully saturated rings. The highest BCUT2D eigenvalue weighted by molar-refractivity contribution is 6.08. The Kier molecular flexibility index (Phi) is 4.64. The highest BCUT2D eigenvalue weighted by Gasteiger charge is 2.20. The van der Waals surface area contributed by atoms with Gasteiger partial charge in [0, 0.05) is 23.8 Å². The number of amides is 1. The molecular weight excluding hydrogens is 348 g/mol. The van der Waals surface area contributed by atoms with Crippen LogP contribution in [0.3, 0.4) is 0 Å². The van der Waals surface area contributed by atoms with Crippen molar-refractivity contribution >= 4 is 28.6 Å². The number of fused-ring (bicyclic) bond motifs is 1. The predicted molar refractivity (Wildman–Crippen MR) is 101 cm³/mol. The van der Waals surface area contributed by atoms with Gasteiger partial charge < -0.3 is 20.5 Å². The van der Waals surface area contributed by atoms with Gasteiger partial charge >= 0.3 is 5.97 Å². The largest absolute Gasteiger partial charge is 0.506 e. The second-order valence-corrected chi connectivity index (χ2v) is 6.04. The number of nitrogens with zero attached hydrogens (tertiary/aromatic N) is 2. The zero-order valence-corrected chi connectivity index (χ0v) is 14.8. The fraction of sp³-hybridized carbons (Fsp3) is 0.158. The van der Waals surface area contributed by atoms with Crippen molar-refractivity contribution in [1.29, 1.82) is 0 Å². The number of carbonyl (C=O) groups is 2. The summed E-state index contributed by atoms with van der Waals surface area (Å²) in [7, 11) is 0. The summed E-state index contributed by atoms with van der Waals surface area (Å²) >= 11 is 0. The van der Waals surface area contributed by atoms with Gasteiger partial charge in [-0.25, -0.2) is 14.8 Å². The van der Waals surface area contributed by atoms with Crippen LogP contribution < -0.4 is 5.32 Å². The van der Waals surface area contributed by atoms with E-state index < -0.39 is 11.9 Å². The molecule has 3 rings (SSSR count). The average Bonchev–Trinajstić information content (AvgIpc) is 3.06. The average molecular weight is 366 g/mol. The number of anilines is 1. The van der Waals surface area contributed by atoms with E-state index in [1.54, 1.807) is 13.0 Å². The van der Waals surface area contributed by atoms with E-state index in [4.69, 9.17) is 0 Å². The first kappa shape index (κ1) is 18.1. The van der Waals surface area contributed by atoms with E-state index in [1.807, 2.05) is 6.92 Å². The van der Waals surface area contributed by atoms with Crippen molar-refractivity contribution in [2.75, 3.05) is 5.32 Å². The zero-order chi connectivity index (χ0) is 19.7. The van der Waals surface area contributed by atoms with Crippen LogP contribution in [0.5, 0.6) is 5.75 Å². The molecule has 0 radical (unpaired) electrons. The van der Waals surface area contributed by atoms with Gasteiger partial charge in [0.05, 0.1) is 22.3 Å². The van der Waals surface area contributed by atoms with Crippen LogP contribution in [-0.2, 0) is 11.2 Å². The zero-order valence-electron chi connectivity index (χ0n) is 14.8. The van der Waals surface area contributed by atoms with Crippen molar-refractivity contribution in [3.05, 3.63) is 47.9 Å². The maximum Gasteiger partial charge on any atom is 0.338 e. The van der Waals surface area contributed by atoms with Crippen LogP contribution in [0, 0.1) is 0 Å². The normalized spacial score (nSPS) is 10.7. The van der Waals surface area contributed by atoms with Crippen LogP contribution in [0.1, 0.15) is 30.0 Å². The Labute approximate surface area is 154 Å². The fourth-order valence-electron chi connectivity index (χ4n) is 2.63. The first-order valence-corrected chi connectivity index (χ1v) is 8.23. The van der Waals surface area contributed by atoms with Gasteiger partial charge in [0.2, 0.25) is 0 Å². The SMILES string of the molecule is C=C(C)C(=O)Nc1cc(-c2nc(CC)nc3[nH]cc(C(=O)O)c23)ccc1O. The number of rotatable bonds is 5. The molecule has 4 N–H and O–H groups in total. The molecule has 8 nitrogen and oxygen atoms in total. The van der Waals surface area contributed by atoms with Gasteiger partial charge in [-0.2, -0.15) is 0 Å². The lowest BCUT2D eigenvalue weighted by molar-refractivity contribution is -0.112. The van der Waals surface area contributed by atoms with Gasteiger partial charge in [-0.15, -0.1) is 0 Å². The number of benzene rings is 1. The third-order valence-electron chi connectivity index (χ3n) is 4.03. The van der Waals surface area contributed by atoms with Gasteiger partial charge in [-0.3, -0.25) is 4.79 Å². The summed E-state index contributed by atoms with van der Waals surface area (Å²) in [5.41, 5.74) is 1.86. The second kappa shape index (κ2) is 6.91. The van der Waals surface area contributed by atoms with E-state index in [0.29, 0.717) is 34.5 Å². The Bertz CT molecular complexity index is 1080. The van der Waals surface area contributed by atoms with E-state index in [0.717, 1.165) is 0 Å². The second-order valence-electron chi connectivity index (χ2n) is 6.04. The lowest BCUT2D eigenvalue weighted by Crippen LogP contribution is -2.12. The summed E-state index contributed by atoms with van der Waals surface area (Å²) in [6, 6.07) is 4.55. The molecule has 0 atom stereocenters. The Morgan fingerprint density at radius 2 is 2.04 bits per heavy atom. The molecule has 0 unspecified atom stereocenters. The van der Waals surface area contributed by atoms with Crippen molar-refractivity contribution in [2.24, 2.45) is 0 Å². The number of H-pyrrole nitrogens is 1. The first-order valence-electron chi connectivity index (χ1n) is 8.23. The molecule has 0 aliphatic rings. The van der Waals surface area contributed by atoms with Gasteiger partial charge in [-0.1, -0.05) is 13.5 Å². The Morgan fingerprint density at radius 1 is 1.30 bits per heavy atom. The van der Waals surface area contributed by atoms with Crippen LogP contribution in [0.4, 0.5) is 5.69 Å². The van der Waals surface area contributed by atoms with E-state index >= 15 is 0 Å². The number of nitrogens with one attached hydrogen (secondary N) is 2. The number of phenols is 1. The standard InChI is InChI=1S/C19H18N4O4/c1-4-14-22-16(15-11(19(26)27)8-20-17(15)23-14)10-5-6-13(24)12(7-10)21-18(25)9(2)3/h5-8,24H,2,4H2,1,3H3,(H,21,25)(H,26,27)(H,20,22,23). The van der Waals surface area contributed by atoms with E-state index in [2.05, 4.69) is 26.8 Å². The lowest BCUT2D eigenvalue weighted by Gasteiger charge is -2.11. The van der Waals surface area contributed by atoms with Crippen LogP contribution in [-0.4, -0.2) is 37.0 Å². The van der Waals surface area contributed by atoms with Crippen LogP contribution >= 0.6 is 0 Å². The molecular formula is C19H18N4O4. The van der Waals surface area contributed by atoms with Crippen molar-refractivity contribution in [3.8, 4) is 17.0 Å². The third-order valence-corrected chi connectivity index (χ3v) is 4.03. The Morgan fingerprint density at radius 3 is 2.67 bits per heavy atom. The molecule has 3 aromatic rings. The number of aromatic nitrogens is 3. The first-order chi connectivity index (χ1) is 12.8. The molecule has 2 aromatic heterocycles. The van der Waals surface area contributed by atoms with Gasteiger partial charge in [-0.05, 0) is 25.1 Å². The Hall–Kier alpha value is -3.68. The Balaban J connectivity index is 2.22. The quantitative estimate of drug-likeness (QED) is 0.406. The van der Waals surface area contributed by atoms with Crippen molar-refractivity contribution in [2.45, 2.75) is 20.3 Å². The third kappa shape index (κ3) is 3.37. The maximum absolute atomic E-state index is 11.9. The van der Waals surface area contributed by atoms with E-state index in [1.165, 1.54) is 18.3 Å². The van der Waals surface area contributed by atoms with E-state index in [9.17, 15) is 19.8 Å². The highest BCUT2D eigenvalue weighted by atomic mass is 16.4. The molecule has 0 bridgehead atoms. The van der Waals surface area contributed by atoms with Crippen molar-refractivity contribution in [1.82, 2.24) is 15.0 Å². The molecule has 1 amide bonds. The number of aromatic amines is 1. The summed E-state index contributed by atoms with van der Waals surface area (Å²) in [4.78, 5) is 35.2. The smallest absolute Gasteiger partial charge is 0.338 e. The van der Waals surface area contributed by atoms with Crippen LogP contribution in [0.2, 0.25) is 0 Å². The molecule has 0 aliphatic heterocycles. The number of aryl methyl sites for hydroxylation is 1. The number of aromatic hydroxyl groups is 1. The fourth-order valence-corrected chi connectivity index (χ4v) is 2.63. The number of phenolic OH excluding ortho intramolecular Hbond substituents is 1. The highest BCUT2D eigenvalue weighted by Crippen LogP contribution is 2.34. The van der Waals surface area contributed by atoms with Gasteiger partial charge in [0.25, 0.3) is 5.91 Å². The minimum atomic E-state index is -1.11. The van der Waals surface area contributed by atoms with Gasteiger partial charge in [0.1, 0.15) is 17.2 Å². The number of carbonyl (C=O) groups excluding carboxylic acids is 1. The number of hydrogen-bond donors (Lipinski definition) is 4. The number of aromatic carboxylic acids is 1. The number of hydrogen-bond acceptors (Lipinski definition) is 5. The summed E-state index contributed by atoms with van der Waals surface area (Å²) in [6.07, 6.45) is 1.93. The topological polar surface area (TPSA) is 128 Å². The summed E-state index contributed by atoms with van der Waals surface area (Å²) in [5.74, 6) is -1.12. The summed E-state index contributed by atoms with van der Waals surface area (Å²) in [5, 5.41) is 22.5. The molecule has 8 heteroatoms. The van der Waals surface area contributed by atoms with Crippen molar-refractivity contribution < 1.29 is 19.8 Å². The lowest BCUT2D eigenvalue weighted by atomic mass is 10.0. The predicted octanol–water partition coefficient (Wildman–Crippen LogP) is 3.11. The molecule has 0 spiro atoms. The molecule has 138 valence electrons. The minimum absolute atomic E-state index is 0.0447. The van der Waals surface area contributed by atoms with Crippen LogP contribution in [0.25, 0.3) is 22.3 Å². The molecule has 27 heavy (non-hydrogen) atoms. The molecule has 0 aliphatic carbocycles. The molecule has 0 saturated heterocycles. The van der Waals surface area contributed by atoms with Crippen molar-refractivity contribution in [3.63, 3.8) is 0 Å². The molecule has 2 heterocycles. The molecule has 1 aromatic carbocycles. The number of carboxylic acids is 1. The molecule has 0 saturated carbocycles.